The van der Waals surface area contributed by atoms with Crippen LogP contribution in [0.1, 0.15) is 5.56 Å². The van der Waals surface area contributed by atoms with Crippen molar-refractivity contribution >= 4 is 49.2 Å². The summed E-state index contributed by atoms with van der Waals surface area (Å²) in [7, 11) is -2.68. The molecule has 0 unspecified atom stereocenters. The smallest absolute Gasteiger partial charge is 0.295 e. The number of benzene rings is 3. The molecule has 3 aromatic carbocycles. The summed E-state index contributed by atoms with van der Waals surface area (Å²) in [5.74, 6) is 0.320. The number of nitro groups is 1. The Hall–Kier alpha value is -3.44. The number of hydrogen-bond acceptors (Lipinski definition) is 7. The maximum Gasteiger partial charge on any atom is 0.295 e. The van der Waals surface area contributed by atoms with Gasteiger partial charge in [0.2, 0.25) is 0 Å². The zero-order valence-corrected chi connectivity index (χ0v) is 18.6. The number of para-hydroxylation sites is 2. The Bertz CT molecular complexity index is 1250. The Labute approximate surface area is 187 Å². The minimum Gasteiger partial charge on any atom is -0.495 e. The summed E-state index contributed by atoms with van der Waals surface area (Å²) in [6.45, 7) is 0. The first-order chi connectivity index (χ1) is 14.8. The molecule has 0 bridgehead atoms. The average molecular weight is 505 g/mol. The first-order valence-corrected chi connectivity index (χ1v) is 11.1. The first-order valence-electron chi connectivity index (χ1n) is 8.79. The number of halogens is 1. The molecule has 0 saturated heterocycles. The molecule has 160 valence electrons. The van der Waals surface area contributed by atoms with Gasteiger partial charge in [0, 0.05) is 16.1 Å². The molecule has 0 atom stereocenters. The number of methoxy groups -OCH3 is 1. The number of nitro benzene ring substituents is 1. The Morgan fingerprint density at radius 3 is 2.48 bits per heavy atom. The fraction of sp³-hybridized carbons (Fsp3) is 0.0500. The third-order valence-electron chi connectivity index (χ3n) is 4.12. The Kier molecular flexibility index (Phi) is 6.88. The van der Waals surface area contributed by atoms with Crippen LogP contribution >= 0.6 is 15.9 Å². The van der Waals surface area contributed by atoms with E-state index in [1.165, 1.54) is 31.5 Å². The minimum absolute atomic E-state index is 0.0459. The van der Waals surface area contributed by atoms with Crippen LogP contribution in [0, 0.1) is 10.1 Å². The predicted octanol–water partition coefficient (Wildman–Crippen LogP) is 4.61. The van der Waals surface area contributed by atoms with Crippen molar-refractivity contribution in [1.82, 2.24) is 0 Å². The second-order valence-corrected chi connectivity index (χ2v) is 8.67. The number of sulfonamides is 1. The summed E-state index contributed by atoms with van der Waals surface area (Å²) in [6, 6.07) is 17.3. The molecule has 31 heavy (non-hydrogen) atoms. The predicted molar refractivity (Wildman–Crippen MR) is 122 cm³/mol. The maximum atomic E-state index is 12.7. The summed E-state index contributed by atoms with van der Waals surface area (Å²) in [5, 5.41) is 15.5. The van der Waals surface area contributed by atoms with Crippen LogP contribution < -0.4 is 14.9 Å². The molecular weight excluding hydrogens is 488 g/mol. The standard InChI is InChI=1S/C20H17BrN4O5S/c1-30-20-9-5-4-8-18(20)24-31(28,29)15-10-11-17(19(12-15)25(26)27)23-22-13-14-6-2-3-7-16(14)21/h2-13,23-24H,1H3/b22-13-. The Morgan fingerprint density at radius 1 is 1.06 bits per heavy atom. The molecule has 0 spiro atoms. The van der Waals surface area contributed by atoms with Gasteiger partial charge in [0.1, 0.15) is 11.4 Å². The van der Waals surface area contributed by atoms with Gasteiger partial charge in [-0.1, -0.05) is 46.3 Å². The topological polar surface area (TPSA) is 123 Å². The van der Waals surface area contributed by atoms with E-state index in [1.54, 1.807) is 18.2 Å². The minimum atomic E-state index is -4.09. The van der Waals surface area contributed by atoms with Crippen molar-refractivity contribution in [2.45, 2.75) is 4.90 Å². The Balaban J connectivity index is 1.87. The molecule has 0 amide bonds. The monoisotopic (exact) mass is 504 g/mol. The lowest BCUT2D eigenvalue weighted by Crippen LogP contribution is -2.14. The molecule has 0 aliphatic heterocycles. The van der Waals surface area contributed by atoms with Crippen LogP contribution in [0.15, 0.2) is 81.2 Å². The second-order valence-electron chi connectivity index (χ2n) is 6.13. The third-order valence-corrected chi connectivity index (χ3v) is 6.21. The molecule has 0 aliphatic rings. The van der Waals surface area contributed by atoms with Gasteiger partial charge in [-0.25, -0.2) is 8.42 Å². The summed E-state index contributed by atoms with van der Waals surface area (Å²) < 4.78 is 33.8. The largest absolute Gasteiger partial charge is 0.495 e. The third kappa shape index (κ3) is 5.38. The van der Waals surface area contributed by atoms with Gasteiger partial charge < -0.3 is 4.74 Å². The van der Waals surface area contributed by atoms with E-state index in [9.17, 15) is 18.5 Å². The highest BCUT2D eigenvalue weighted by atomic mass is 79.9. The van der Waals surface area contributed by atoms with Crippen LogP contribution in [0.25, 0.3) is 0 Å². The normalized spacial score (nSPS) is 11.3. The van der Waals surface area contributed by atoms with E-state index in [0.29, 0.717) is 5.75 Å². The lowest BCUT2D eigenvalue weighted by Gasteiger charge is -2.12. The van der Waals surface area contributed by atoms with Gasteiger partial charge in [0.05, 0.1) is 28.8 Å². The van der Waals surface area contributed by atoms with E-state index in [2.05, 4.69) is 31.2 Å². The number of anilines is 2. The fourth-order valence-corrected chi connectivity index (χ4v) is 4.09. The number of rotatable bonds is 8. The molecule has 3 rings (SSSR count). The maximum absolute atomic E-state index is 12.7. The highest BCUT2D eigenvalue weighted by Crippen LogP contribution is 2.30. The molecule has 9 nitrogen and oxygen atoms in total. The second kappa shape index (κ2) is 9.58. The van der Waals surface area contributed by atoms with E-state index < -0.39 is 20.6 Å². The average Bonchev–Trinajstić information content (AvgIpc) is 2.75. The summed E-state index contributed by atoms with van der Waals surface area (Å²) >= 11 is 3.38. The van der Waals surface area contributed by atoms with Crippen molar-refractivity contribution in [2.24, 2.45) is 5.10 Å². The number of ether oxygens (including phenoxy) is 1. The molecule has 0 radical (unpaired) electrons. The van der Waals surface area contributed by atoms with Gasteiger partial charge in [-0.3, -0.25) is 20.3 Å². The van der Waals surface area contributed by atoms with Crippen molar-refractivity contribution in [1.29, 1.82) is 0 Å². The molecule has 11 heteroatoms. The molecule has 0 aliphatic carbocycles. The SMILES string of the molecule is COc1ccccc1NS(=O)(=O)c1ccc(N/N=C\c2ccccc2Br)c([N+](=O)[O-])c1. The van der Waals surface area contributed by atoms with Crippen LogP contribution in [0.4, 0.5) is 17.1 Å². The van der Waals surface area contributed by atoms with Crippen LogP contribution in [-0.2, 0) is 10.0 Å². The van der Waals surface area contributed by atoms with Gasteiger partial charge in [-0.2, -0.15) is 5.10 Å². The van der Waals surface area contributed by atoms with Crippen LogP contribution in [0.2, 0.25) is 0 Å². The Morgan fingerprint density at radius 2 is 1.77 bits per heavy atom. The molecule has 0 heterocycles. The van der Waals surface area contributed by atoms with Crippen LogP contribution in [0.3, 0.4) is 0 Å². The molecule has 0 aromatic heterocycles. The summed E-state index contributed by atoms with van der Waals surface area (Å²) in [6.07, 6.45) is 1.49. The molecule has 0 fully saturated rings. The highest BCUT2D eigenvalue weighted by Gasteiger charge is 2.22. The van der Waals surface area contributed by atoms with Crippen molar-refractivity contribution in [3.8, 4) is 5.75 Å². The van der Waals surface area contributed by atoms with Crippen LogP contribution in [-0.4, -0.2) is 26.7 Å². The summed E-state index contributed by atoms with van der Waals surface area (Å²) in [4.78, 5) is 10.6. The zero-order valence-electron chi connectivity index (χ0n) is 16.2. The van der Waals surface area contributed by atoms with Crippen molar-refractivity contribution in [3.63, 3.8) is 0 Å². The van der Waals surface area contributed by atoms with Crippen molar-refractivity contribution in [2.75, 3.05) is 17.3 Å². The number of hydrazone groups is 1. The van der Waals surface area contributed by atoms with Gasteiger partial charge in [0.25, 0.3) is 15.7 Å². The fourth-order valence-electron chi connectivity index (χ4n) is 2.61. The van der Waals surface area contributed by atoms with E-state index >= 15 is 0 Å². The van der Waals surface area contributed by atoms with E-state index in [-0.39, 0.29) is 16.3 Å². The molecule has 0 saturated carbocycles. The molecule has 2 N–H and O–H groups in total. The van der Waals surface area contributed by atoms with E-state index in [0.717, 1.165) is 16.1 Å². The number of nitrogens with one attached hydrogen (secondary N) is 2. The quantitative estimate of drug-likeness (QED) is 0.262. The van der Waals surface area contributed by atoms with E-state index in [4.69, 9.17) is 4.74 Å². The van der Waals surface area contributed by atoms with Crippen molar-refractivity contribution in [3.05, 3.63) is 86.9 Å². The summed E-state index contributed by atoms with van der Waals surface area (Å²) in [5.41, 5.74) is 3.17. The lowest BCUT2D eigenvalue weighted by molar-refractivity contribution is -0.384. The van der Waals surface area contributed by atoms with Gasteiger partial charge in [-0.15, -0.1) is 0 Å². The van der Waals surface area contributed by atoms with Gasteiger partial charge >= 0.3 is 0 Å². The first kappa shape index (κ1) is 22.2. The molecular formula is C20H17BrN4O5S. The van der Waals surface area contributed by atoms with E-state index in [1.807, 2.05) is 24.3 Å². The van der Waals surface area contributed by atoms with Crippen LogP contribution in [0.5, 0.6) is 5.75 Å². The number of hydrogen-bond donors (Lipinski definition) is 2. The highest BCUT2D eigenvalue weighted by molar-refractivity contribution is 9.10. The zero-order chi connectivity index (χ0) is 22.4. The lowest BCUT2D eigenvalue weighted by atomic mass is 10.2. The van der Waals surface area contributed by atoms with Gasteiger partial charge in [0.15, 0.2) is 0 Å². The van der Waals surface area contributed by atoms with Gasteiger partial charge in [-0.05, 0) is 30.3 Å². The van der Waals surface area contributed by atoms with Crippen molar-refractivity contribution < 1.29 is 18.1 Å². The number of nitrogens with zero attached hydrogens (tertiary/aromatic N) is 2. The molecule has 3 aromatic rings.